The van der Waals surface area contributed by atoms with E-state index in [1.165, 1.54) is 26.5 Å². The minimum Gasteiger partial charge on any atom is -0.503 e. The zero-order valence-electron chi connectivity index (χ0n) is 20.3. The number of aromatic nitrogens is 1. The van der Waals surface area contributed by atoms with Gasteiger partial charge in [0, 0.05) is 24.8 Å². The summed E-state index contributed by atoms with van der Waals surface area (Å²) in [6.07, 6.45) is 0.799. The first kappa shape index (κ1) is 27.2. The van der Waals surface area contributed by atoms with E-state index in [0.29, 0.717) is 22.9 Å². The van der Waals surface area contributed by atoms with Crippen molar-refractivity contribution in [2.75, 3.05) is 14.2 Å². The van der Waals surface area contributed by atoms with Crippen LogP contribution in [0.15, 0.2) is 30.5 Å². The Morgan fingerprint density at radius 2 is 1.74 bits per heavy atom. The Kier molecular flexibility index (Phi) is 9.98. The number of hydrogen-bond donors (Lipinski definition) is 1. The molecule has 0 amide bonds. The molecule has 34 heavy (non-hydrogen) atoms. The largest absolute Gasteiger partial charge is 0.503 e. The second-order valence-corrected chi connectivity index (χ2v) is 8.87. The number of Topliss-reactive ketones (excluding diaryl/α,β-unsaturated/α-hetero) is 1. The second kappa shape index (κ2) is 12.5. The van der Waals surface area contributed by atoms with Gasteiger partial charge in [-0.1, -0.05) is 32.4 Å². The third-order valence-electron chi connectivity index (χ3n) is 5.20. The average molecular weight is 494 g/mol. The zero-order valence-corrected chi connectivity index (χ0v) is 21.1. The highest BCUT2D eigenvalue weighted by molar-refractivity contribution is 6.32. The fourth-order valence-corrected chi connectivity index (χ4v) is 3.52. The third-order valence-corrected chi connectivity index (χ3v) is 5.52. The van der Waals surface area contributed by atoms with Crippen LogP contribution >= 0.6 is 11.6 Å². The van der Waals surface area contributed by atoms with Crippen LogP contribution in [-0.4, -0.2) is 48.3 Å². The van der Waals surface area contributed by atoms with E-state index in [2.05, 4.69) is 4.98 Å². The van der Waals surface area contributed by atoms with Crippen molar-refractivity contribution in [3.8, 4) is 23.0 Å². The fraction of sp³-hybridized carbons (Fsp3) is 0.480. The Morgan fingerprint density at radius 1 is 1.06 bits per heavy atom. The van der Waals surface area contributed by atoms with E-state index in [9.17, 15) is 14.7 Å². The van der Waals surface area contributed by atoms with Crippen LogP contribution in [0.25, 0.3) is 0 Å². The summed E-state index contributed by atoms with van der Waals surface area (Å²) in [7, 11) is 2.89. The van der Waals surface area contributed by atoms with E-state index in [0.717, 1.165) is 0 Å². The van der Waals surface area contributed by atoms with Crippen molar-refractivity contribution in [1.82, 2.24) is 4.98 Å². The number of carbonyl (C=O) groups excluding carboxylic acids is 2. The molecule has 186 valence electrons. The number of nitrogens with zero attached hydrogens (tertiary/aromatic N) is 1. The number of pyridine rings is 1. The molecular formula is C25H32ClNO7. The molecule has 9 heteroatoms. The molecule has 0 radical (unpaired) electrons. The molecule has 0 saturated carbocycles. The summed E-state index contributed by atoms with van der Waals surface area (Å²) in [6, 6.07) is 6.52. The molecule has 0 saturated heterocycles. The Bertz CT molecular complexity index is 995. The number of hydrogen-bond acceptors (Lipinski definition) is 8. The average Bonchev–Trinajstić information content (AvgIpc) is 2.79. The van der Waals surface area contributed by atoms with Gasteiger partial charge in [0.05, 0.1) is 25.2 Å². The minimum atomic E-state index is -0.752. The van der Waals surface area contributed by atoms with Gasteiger partial charge in [0.1, 0.15) is 23.7 Å². The molecule has 0 aliphatic carbocycles. The van der Waals surface area contributed by atoms with Crippen LogP contribution < -0.4 is 14.2 Å². The highest BCUT2D eigenvalue weighted by atomic mass is 35.5. The molecule has 2 rings (SSSR count). The van der Waals surface area contributed by atoms with Crippen molar-refractivity contribution in [3.63, 3.8) is 0 Å². The van der Waals surface area contributed by atoms with Crippen molar-refractivity contribution in [2.45, 2.75) is 52.7 Å². The van der Waals surface area contributed by atoms with Gasteiger partial charge in [-0.15, -0.1) is 0 Å². The third kappa shape index (κ3) is 7.25. The van der Waals surface area contributed by atoms with Gasteiger partial charge in [-0.2, -0.15) is 0 Å². The Morgan fingerprint density at radius 3 is 2.35 bits per heavy atom. The number of ketones is 1. The maximum absolute atomic E-state index is 12.7. The summed E-state index contributed by atoms with van der Waals surface area (Å²) < 4.78 is 22.0. The van der Waals surface area contributed by atoms with Gasteiger partial charge in [-0.3, -0.25) is 9.59 Å². The Hall–Kier alpha value is -3.00. The lowest BCUT2D eigenvalue weighted by atomic mass is 10.0. The number of aromatic hydroxyl groups is 1. The monoisotopic (exact) mass is 493 g/mol. The first-order valence-electron chi connectivity index (χ1n) is 11.0. The van der Waals surface area contributed by atoms with Gasteiger partial charge in [0.25, 0.3) is 0 Å². The molecule has 0 aliphatic rings. The van der Waals surface area contributed by atoms with Crippen LogP contribution in [0.4, 0.5) is 0 Å². The van der Waals surface area contributed by atoms with Gasteiger partial charge < -0.3 is 24.1 Å². The summed E-state index contributed by atoms with van der Waals surface area (Å²) >= 11 is 6.09. The minimum absolute atomic E-state index is 0.134. The van der Waals surface area contributed by atoms with Gasteiger partial charge in [-0.25, -0.2) is 4.98 Å². The maximum Gasteiger partial charge on any atom is 0.309 e. The van der Waals surface area contributed by atoms with Crippen molar-refractivity contribution < 1.29 is 33.6 Å². The van der Waals surface area contributed by atoms with Gasteiger partial charge in [0.15, 0.2) is 23.0 Å². The molecule has 0 fully saturated rings. The number of methoxy groups -OCH3 is 2. The first-order valence-corrected chi connectivity index (χ1v) is 11.4. The van der Waals surface area contributed by atoms with Crippen molar-refractivity contribution in [3.05, 3.63) is 41.2 Å². The lowest BCUT2D eigenvalue weighted by molar-refractivity contribution is -0.157. The molecule has 8 nitrogen and oxygen atoms in total. The number of carbonyl (C=O) groups is 2. The topological polar surface area (TPSA) is 104 Å². The molecule has 0 spiro atoms. The van der Waals surface area contributed by atoms with E-state index >= 15 is 0 Å². The maximum atomic E-state index is 12.7. The van der Waals surface area contributed by atoms with Gasteiger partial charge in [-0.05, 0) is 31.4 Å². The van der Waals surface area contributed by atoms with Gasteiger partial charge in [0.2, 0.25) is 0 Å². The number of esters is 1. The number of rotatable bonds is 12. The summed E-state index contributed by atoms with van der Waals surface area (Å²) in [5.74, 6) is -0.709. The molecule has 1 heterocycles. The quantitative estimate of drug-likeness (QED) is 0.322. The van der Waals surface area contributed by atoms with E-state index in [1.54, 1.807) is 32.0 Å². The predicted octanol–water partition coefficient (Wildman–Crippen LogP) is 5.09. The summed E-state index contributed by atoms with van der Waals surface area (Å²) in [5, 5.41) is 10.6. The lowest BCUT2D eigenvalue weighted by Gasteiger charge is -2.27. The van der Waals surface area contributed by atoms with E-state index < -0.39 is 29.9 Å². The standard InChI is InChI=1S/C25H32ClNO7/c1-14(2)11-21(34-17-7-8-18(26)22(13-17)32-6)16(4)33-25(30)15(3)12-19(28)23-24(29)20(31-5)9-10-27-23/h7-10,13-16,21,29H,11-12H2,1-6H3/t15-,16+,21-/m1/s1. The van der Waals surface area contributed by atoms with Crippen LogP contribution in [-0.2, 0) is 9.53 Å². The molecule has 1 N–H and O–H groups in total. The molecule has 1 aromatic heterocycles. The molecule has 0 unspecified atom stereocenters. The highest BCUT2D eigenvalue weighted by Gasteiger charge is 2.29. The predicted molar refractivity (Wildman–Crippen MR) is 128 cm³/mol. The van der Waals surface area contributed by atoms with E-state index in [4.69, 9.17) is 30.5 Å². The van der Waals surface area contributed by atoms with Crippen molar-refractivity contribution in [1.29, 1.82) is 0 Å². The summed E-state index contributed by atoms with van der Waals surface area (Å²) in [4.78, 5) is 29.3. The summed E-state index contributed by atoms with van der Waals surface area (Å²) in [5.41, 5.74) is -0.148. The molecule has 2 aromatic rings. The van der Waals surface area contributed by atoms with Crippen LogP contribution in [0.1, 0.15) is 51.0 Å². The molecule has 0 aliphatic heterocycles. The van der Waals surface area contributed by atoms with Crippen LogP contribution in [0.3, 0.4) is 0 Å². The first-order chi connectivity index (χ1) is 16.1. The van der Waals surface area contributed by atoms with Crippen molar-refractivity contribution >= 4 is 23.4 Å². The number of benzene rings is 1. The molecule has 0 bridgehead atoms. The van der Waals surface area contributed by atoms with Crippen LogP contribution in [0.5, 0.6) is 23.0 Å². The van der Waals surface area contributed by atoms with Crippen LogP contribution in [0, 0.1) is 11.8 Å². The Labute approximate surface area is 205 Å². The second-order valence-electron chi connectivity index (χ2n) is 8.46. The molecular weight excluding hydrogens is 462 g/mol. The van der Waals surface area contributed by atoms with Gasteiger partial charge >= 0.3 is 5.97 Å². The SMILES string of the molecule is COc1cc(O[C@H](CC(C)C)[C@H](C)OC(=O)[C@H](C)CC(=O)c2nccc(OC)c2O)ccc1Cl. The molecule has 3 atom stereocenters. The number of ether oxygens (including phenoxy) is 4. The lowest BCUT2D eigenvalue weighted by Crippen LogP contribution is -2.36. The van der Waals surface area contributed by atoms with Crippen molar-refractivity contribution in [2.24, 2.45) is 11.8 Å². The normalized spacial score (nSPS) is 13.6. The zero-order chi connectivity index (χ0) is 25.4. The summed E-state index contributed by atoms with van der Waals surface area (Å²) in [6.45, 7) is 7.43. The van der Waals surface area contributed by atoms with E-state index in [1.807, 2.05) is 13.8 Å². The molecule has 1 aromatic carbocycles. The smallest absolute Gasteiger partial charge is 0.309 e. The van der Waals surface area contributed by atoms with Crippen LogP contribution in [0.2, 0.25) is 5.02 Å². The Balaban J connectivity index is 2.07. The highest BCUT2D eigenvalue weighted by Crippen LogP contribution is 2.31. The fourth-order valence-electron chi connectivity index (χ4n) is 3.33. The van der Waals surface area contributed by atoms with E-state index in [-0.39, 0.29) is 29.5 Å². The number of halogens is 1.